The number of nitrogens with zero attached hydrogens (tertiary/aromatic N) is 5. The molecule has 1 aromatic carbocycles. The Morgan fingerprint density at radius 1 is 0.913 bits per heavy atom. The van der Waals surface area contributed by atoms with Gasteiger partial charge in [-0.2, -0.15) is 16.8 Å². The molecule has 1 aliphatic rings. The highest BCUT2D eigenvalue weighted by Gasteiger charge is 2.31. The van der Waals surface area contributed by atoms with E-state index in [2.05, 4.69) is 19.6 Å². The first-order valence-corrected chi connectivity index (χ1v) is 17.0. The maximum atomic E-state index is 13.1. The van der Waals surface area contributed by atoms with E-state index in [1.807, 2.05) is 25.3 Å². The average molecular weight is 694 g/mol. The molecule has 0 aliphatic carbocycles. The van der Waals surface area contributed by atoms with Crippen molar-refractivity contribution >= 4 is 37.7 Å². The van der Waals surface area contributed by atoms with Crippen molar-refractivity contribution in [1.29, 1.82) is 0 Å². The predicted molar refractivity (Wildman–Crippen MR) is 161 cm³/mol. The van der Waals surface area contributed by atoms with Crippen LogP contribution in [0.1, 0.15) is 27.4 Å². The molecule has 0 atom stereocenters. The number of hydrogen-bond acceptors (Lipinski definition) is 10. The molecule has 254 valence electrons. The number of alkyl halides is 3. The summed E-state index contributed by atoms with van der Waals surface area (Å²) in [7, 11) is -5.62. The number of imidazole rings is 1. The number of ether oxygens (including phenoxy) is 1. The Labute approximate surface area is 264 Å². The van der Waals surface area contributed by atoms with Crippen molar-refractivity contribution in [3.8, 4) is 5.75 Å². The van der Waals surface area contributed by atoms with E-state index in [9.17, 15) is 39.6 Å². The van der Waals surface area contributed by atoms with Crippen LogP contribution >= 0.6 is 0 Å². The van der Waals surface area contributed by atoms with Crippen molar-refractivity contribution in [3.63, 3.8) is 0 Å². The smallest absolute Gasteiger partial charge is 0.406 e. The van der Waals surface area contributed by atoms with Gasteiger partial charge in [0.05, 0.1) is 24.6 Å². The third kappa shape index (κ3) is 15.3. The molecular weight excluding hydrogens is 659 g/mol. The third-order valence-corrected chi connectivity index (χ3v) is 5.84. The number of amides is 1. The largest absolute Gasteiger partial charge is 0.573 e. The molecule has 1 fully saturated rings. The number of rotatable bonds is 7. The second-order valence-electron chi connectivity index (χ2n) is 10.2. The van der Waals surface area contributed by atoms with Crippen molar-refractivity contribution in [2.75, 3.05) is 43.6 Å². The Morgan fingerprint density at radius 2 is 1.46 bits per heavy atom. The topological polar surface area (TPSA) is 189 Å². The lowest BCUT2D eigenvalue weighted by Crippen LogP contribution is -2.49. The van der Waals surface area contributed by atoms with Crippen LogP contribution in [0.2, 0.25) is 0 Å². The van der Waals surface area contributed by atoms with E-state index < -0.39 is 26.6 Å². The average Bonchev–Trinajstić information content (AvgIpc) is 3.26. The Balaban J connectivity index is 0.000000642. The van der Waals surface area contributed by atoms with Gasteiger partial charge in [-0.05, 0) is 36.2 Å². The minimum Gasteiger partial charge on any atom is -0.406 e. The number of anilines is 1. The molecule has 19 heteroatoms. The molecule has 1 aliphatic heterocycles. The summed E-state index contributed by atoms with van der Waals surface area (Å²) in [6, 6.07) is 9.15. The first kappa shape index (κ1) is 38.1. The zero-order chi connectivity index (χ0) is 34.9. The molecule has 14 nitrogen and oxygen atoms in total. The maximum Gasteiger partial charge on any atom is 0.573 e. The van der Waals surface area contributed by atoms with Crippen LogP contribution in [0.4, 0.5) is 19.0 Å². The fourth-order valence-corrected chi connectivity index (χ4v) is 4.04. The number of piperazine rings is 1. The highest BCUT2D eigenvalue weighted by molar-refractivity contribution is 7.85. The number of pyridine rings is 1. The number of halogens is 3. The number of aromatic nitrogens is 3. The van der Waals surface area contributed by atoms with Crippen LogP contribution in [0.15, 0.2) is 48.8 Å². The molecule has 0 radical (unpaired) electrons. The van der Waals surface area contributed by atoms with E-state index in [1.54, 1.807) is 22.7 Å². The monoisotopic (exact) mass is 693 g/mol. The Morgan fingerprint density at radius 3 is 1.93 bits per heavy atom. The van der Waals surface area contributed by atoms with E-state index in [1.165, 1.54) is 24.3 Å². The van der Waals surface area contributed by atoms with Crippen molar-refractivity contribution in [2.45, 2.75) is 26.1 Å². The first-order valence-electron chi connectivity index (χ1n) is 13.3. The highest BCUT2D eigenvalue weighted by atomic mass is 32.2. The number of aryl methyl sites for hydroxylation is 2. The van der Waals surface area contributed by atoms with Crippen LogP contribution in [-0.4, -0.2) is 102 Å². The lowest BCUT2D eigenvalue weighted by molar-refractivity contribution is -0.274. The lowest BCUT2D eigenvalue weighted by atomic mass is 10.1. The number of hydrogen-bond donors (Lipinski definition) is 2. The number of ketones is 1. The van der Waals surface area contributed by atoms with Gasteiger partial charge in [0.15, 0.2) is 5.82 Å². The van der Waals surface area contributed by atoms with E-state index in [4.69, 9.17) is 9.11 Å². The van der Waals surface area contributed by atoms with Crippen LogP contribution in [-0.2, 0) is 44.9 Å². The minimum absolute atomic E-state index is 0.00872. The van der Waals surface area contributed by atoms with Crippen LogP contribution < -0.4 is 9.64 Å². The summed E-state index contributed by atoms with van der Waals surface area (Å²) in [6.45, 7) is 4.36. The third-order valence-electron chi connectivity index (χ3n) is 5.84. The normalized spacial score (nSPS) is 13.6. The highest BCUT2D eigenvalue weighted by Crippen LogP contribution is 2.23. The van der Waals surface area contributed by atoms with E-state index in [0.29, 0.717) is 49.9 Å². The number of Topliss-reactive ketones (excluding diaryl/α,β-unsaturated/α-hetero) is 1. The van der Waals surface area contributed by atoms with Crippen molar-refractivity contribution in [3.05, 3.63) is 71.4 Å². The molecule has 3 heterocycles. The van der Waals surface area contributed by atoms with Gasteiger partial charge in [-0.25, -0.2) is 9.97 Å². The number of benzene rings is 1. The van der Waals surface area contributed by atoms with Crippen LogP contribution in [0, 0.1) is 6.92 Å². The van der Waals surface area contributed by atoms with Gasteiger partial charge in [0, 0.05) is 52.0 Å². The van der Waals surface area contributed by atoms with Gasteiger partial charge in [0.1, 0.15) is 17.4 Å². The zero-order valence-electron chi connectivity index (χ0n) is 25.3. The first-order chi connectivity index (χ1) is 21.1. The van der Waals surface area contributed by atoms with Crippen molar-refractivity contribution < 1.29 is 53.4 Å². The van der Waals surface area contributed by atoms with Gasteiger partial charge in [-0.3, -0.25) is 18.7 Å². The summed E-state index contributed by atoms with van der Waals surface area (Å²) in [5.41, 5.74) is 2.11. The fraction of sp³-hybridized carbons (Fsp3) is 0.407. The molecule has 2 N–H and O–H groups in total. The Hall–Kier alpha value is -4.07. The van der Waals surface area contributed by atoms with Crippen molar-refractivity contribution in [2.24, 2.45) is 7.05 Å². The second kappa shape index (κ2) is 16.0. The zero-order valence-corrected chi connectivity index (χ0v) is 26.9. The standard InChI is InChI=1S/C25H26F3N5O3.2CH4O3S/c1-17-3-8-22(29-15-17)32-9-11-33(12-10-32)24(35)23-30-19(16-31(23)2)14-20(34)13-18-4-6-21(7-5-18)36-25(26,27)28;2*1-5(2,3)4/h3-8,15-16H,9-14H2,1-2H3;2*1H3,(H,2,3,4). The van der Waals surface area contributed by atoms with Crippen molar-refractivity contribution in [1.82, 2.24) is 19.4 Å². The molecule has 4 rings (SSSR count). The second-order valence-corrected chi connectivity index (χ2v) is 13.1. The maximum absolute atomic E-state index is 13.1. The van der Waals surface area contributed by atoms with Gasteiger partial charge in [-0.1, -0.05) is 18.2 Å². The van der Waals surface area contributed by atoms with Crippen LogP contribution in [0.3, 0.4) is 0 Å². The fourth-order valence-electron chi connectivity index (χ4n) is 4.04. The minimum atomic E-state index is -4.77. The van der Waals surface area contributed by atoms with Gasteiger partial charge < -0.3 is 19.1 Å². The Bertz CT molecular complexity index is 1640. The summed E-state index contributed by atoms with van der Waals surface area (Å²) in [5, 5.41) is 0. The number of carbonyl (C=O) groups is 2. The molecule has 3 aromatic rings. The summed E-state index contributed by atoms with van der Waals surface area (Å²) in [4.78, 5) is 38.3. The molecule has 0 unspecified atom stereocenters. The van der Waals surface area contributed by atoms with E-state index in [0.717, 1.165) is 11.4 Å². The molecular formula is C27H34F3N5O9S2. The summed E-state index contributed by atoms with van der Waals surface area (Å²) >= 11 is 0. The molecule has 0 bridgehead atoms. The molecule has 2 aromatic heterocycles. The number of carbonyl (C=O) groups excluding carboxylic acids is 2. The van der Waals surface area contributed by atoms with Crippen LogP contribution in [0.5, 0.6) is 5.75 Å². The quantitative estimate of drug-likeness (QED) is 0.344. The van der Waals surface area contributed by atoms with Gasteiger partial charge >= 0.3 is 6.36 Å². The van der Waals surface area contributed by atoms with Gasteiger partial charge in [0.2, 0.25) is 0 Å². The summed E-state index contributed by atoms with van der Waals surface area (Å²) in [5.74, 6) is 0.424. The Kier molecular flexibility index (Phi) is 13.2. The predicted octanol–water partition coefficient (Wildman–Crippen LogP) is 2.35. The molecule has 0 spiro atoms. The van der Waals surface area contributed by atoms with Crippen LogP contribution in [0.25, 0.3) is 0 Å². The van der Waals surface area contributed by atoms with E-state index >= 15 is 0 Å². The molecule has 0 saturated carbocycles. The SMILES string of the molecule is CS(=O)(=O)O.CS(=O)(=O)O.Cc1ccc(N2CCN(C(=O)c3nc(CC(=O)Cc4ccc(OC(F)(F)F)cc4)cn3C)CC2)nc1. The van der Waals surface area contributed by atoms with Gasteiger partial charge in [-0.15, -0.1) is 13.2 Å². The molecule has 1 amide bonds. The van der Waals surface area contributed by atoms with Gasteiger partial charge in [0.25, 0.3) is 26.1 Å². The molecule has 1 saturated heterocycles. The molecule has 46 heavy (non-hydrogen) atoms. The lowest BCUT2D eigenvalue weighted by Gasteiger charge is -2.35. The summed E-state index contributed by atoms with van der Waals surface area (Å²) < 4.78 is 94.1. The summed E-state index contributed by atoms with van der Waals surface area (Å²) in [6.07, 6.45) is 0.173. The van der Waals surface area contributed by atoms with E-state index in [-0.39, 0.29) is 36.1 Å².